The van der Waals surface area contributed by atoms with Gasteiger partial charge < -0.3 is 14.2 Å². The van der Waals surface area contributed by atoms with Crippen LogP contribution in [-0.2, 0) is 13.8 Å². The van der Waals surface area contributed by atoms with Crippen molar-refractivity contribution < 1.29 is 23.5 Å². The maximum absolute atomic E-state index is 11.6. The van der Waals surface area contributed by atoms with Gasteiger partial charge in [0.1, 0.15) is 0 Å². The van der Waals surface area contributed by atoms with E-state index in [1.807, 2.05) is 0 Å². The van der Waals surface area contributed by atoms with Gasteiger partial charge in [-0.1, -0.05) is 0 Å². The molecule has 0 fully saturated rings. The molecule has 0 aliphatic heterocycles. The van der Waals surface area contributed by atoms with Gasteiger partial charge in [-0.05, 0) is 31.2 Å². The Kier molecular flexibility index (Phi) is 4.24. The fourth-order valence-corrected chi connectivity index (χ4v) is 2.18. The van der Waals surface area contributed by atoms with E-state index < -0.39 is 13.6 Å². The molecule has 0 bridgehead atoms. The van der Waals surface area contributed by atoms with E-state index >= 15 is 0 Å². The molecule has 0 amide bonds. The number of carbonyl (C=O) groups is 1. The molecule has 0 heterocycles. The molecule has 6 heteroatoms. The summed E-state index contributed by atoms with van der Waals surface area (Å²) in [5, 5.41) is 0.155. The molecule has 0 spiro atoms. The monoisotopic (exact) mass is 244 g/mol. The lowest BCUT2D eigenvalue weighted by molar-refractivity contribution is 0.0600. The van der Waals surface area contributed by atoms with Crippen LogP contribution in [0, 0.1) is 0 Å². The van der Waals surface area contributed by atoms with Crippen molar-refractivity contribution in [1.29, 1.82) is 0 Å². The molecular weight excluding hydrogens is 231 g/mol. The molecule has 0 aliphatic rings. The molecule has 1 rings (SSSR count). The molecule has 0 radical (unpaired) electrons. The first kappa shape index (κ1) is 12.9. The molecule has 16 heavy (non-hydrogen) atoms. The van der Waals surface area contributed by atoms with Crippen LogP contribution in [0.1, 0.15) is 17.3 Å². The first-order chi connectivity index (χ1) is 7.51. The van der Waals surface area contributed by atoms with Gasteiger partial charge in [-0.25, -0.2) is 4.79 Å². The molecule has 1 N–H and O–H groups in total. The fraction of sp³-hybridized carbons (Fsp3) is 0.300. The normalized spacial score (nSPS) is 14.2. The number of rotatable bonds is 4. The highest BCUT2D eigenvalue weighted by Gasteiger charge is 2.21. The van der Waals surface area contributed by atoms with E-state index in [1.165, 1.54) is 31.4 Å². The van der Waals surface area contributed by atoms with E-state index in [9.17, 15) is 14.3 Å². The van der Waals surface area contributed by atoms with E-state index in [4.69, 9.17) is 4.52 Å². The highest BCUT2D eigenvalue weighted by atomic mass is 31.2. The summed E-state index contributed by atoms with van der Waals surface area (Å²) in [5.74, 6) is -0.490. The van der Waals surface area contributed by atoms with Crippen LogP contribution in [0.2, 0.25) is 0 Å². The van der Waals surface area contributed by atoms with E-state index in [0.29, 0.717) is 5.56 Å². The Morgan fingerprint density at radius 2 is 1.94 bits per heavy atom. The van der Waals surface area contributed by atoms with Gasteiger partial charge in [0, 0.05) is 0 Å². The quantitative estimate of drug-likeness (QED) is 0.638. The van der Waals surface area contributed by atoms with Crippen LogP contribution in [0.3, 0.4) is 0 Å². The third-order valence-electron chi connectivity index (χ3n) is 1.92. The predicted octanol–water partition coefficient (Wildman–Crippen LogP) is 1.32. The minimum atomic E-state index is -3.76. The van der Waals surface area contributed by atoms with Gasteiger partial charge in [-0.2, -0.15) is 0 Å². The van der Waals surface area contributed by atoms with E-state index in [0.717, 1.165) is 0 Å². The third-order valence-corrected chi connectivity index (χ3v) is 3.48. The Hall–Kier alpha value is -1.16. The van der Waals surface area contributed by atoms with Gasteiger partial charge in [0.05, 0.1) is 24.6 Å². The number of carbonyl (C=O) groups excluding carboxylic acids is 1. The van der Waals surface area contributed by atoms with Gasteiger partial charge >= 0.3 is 13.6 Å². The largest absolute Gasteiger partial charge is 0.465 e. The van der Waals surface area contributed by atoms with E-state index in [2.05, 4.69) is 4.74 Å². The van der Waals surface area contributed by atoms with Crippen LogP contribution < -0.4 is 5.30 Å². The van der Waals surface area contributed by atoms with Crippen LogP contribution in [-0.4, -0.2) is 24.6 Å². The third kappa shape index (κ3) is 2.92. The SMILES string of the molecule is CCOP(=O)(O)c1ccc(C(=O)OC)cc1. The lowest BCUT2D eigenvalue weighted by Gasteiger charge is -2.10. The summed E-state index contributed by atoms with van der Waals surface area (Å²) in [7, 11) is -2.48. The van der Waals surface area contributed by atoms with Gasteiger partial charge in [0.2, 0.25) is 0 Å². The zero-order chi connectivity index (χ0) is 12.2. The average Bonchev–Trinajstić information content (AvgIpc) is 2.28. The van der Waals surface area contributed by atoms with Crippen LogP contribution in [0.25, 0.3) is 0 Å². The van der Waals surface area contributed by atoms with Crippen molar-refractivity contribution >= 4 is 18.9 Å². The molecule has 0 saturated heterocycles. The summed E-state index contributed by atoms with van der Waals surface area (Å²) in [4.78, 5) is 20.6. The van der Waals surface area contributed by atoms with E-state index in [-0.39, 0.29) is 11.9 Å². The molecule has 1 unspecified atom stereocenters. The lowest BCUT2D eigenvalue weighted by atomic mass is 10.2. The zero-order valence-electron chi connectivity index (χ0n) is 9.04. The summed E-state index contributed by atoms with van der Waals surface area (Å²) in [6.07, 6.45) is 0. The second-order valence-electron chi connectivity index (χ2n) is 2.98. The average molecular weight is 244 g/mol. The van der Waals surface area contributed by atoms with Gasteiger partial charge in [-0.15, -0.1) is 0 Å². The molecule has 0 aromatic heterocycles. The number of hydrogen-bond donors (Lipinski definition) is 1. The fourth-order valence-electron chi connectivity index (χ4n) is 1.15. The Morgan fingerprint density at radius 1 is 1.38 bits per heavy atom. The molecule has 1 aromatic carbocycles. The van der Waals surface area contributed by atoms with Crippen molar-refractivity contribution in [3.63, 3.8) is 0 Å². The Labute approximate surface area is 93.5 Å². The Morgan fingerprint density at radius 3 is 2.38 bits per heavy atom. The maximum atomic E-state index is 11.6. The van der Waals surface area contributed by atoms with Crippen molar-refractivity contribution in [3.05, 3.63) is 29.8 Å². The number of benzene rings is 1. The topological polar surface area (TPSA) is 72.8 Å². The van der Waals surface area contributed by atoms with Crippen LogP contribution in [0.4, 0.5) is 0 Å². The molecule has 0 aliphatic carbocycles. The van der Waals surface area contributed by atoms with Crippen molar-refractivity contribution in [3.8, 4) is 0 Å². The number of ether oxygens (including phenoxy) is 1. The summed E-state index contributed by atoms with van der Waals surface area (Å²) in [6, 6.07) is 5.59. The van der Waals surface area contributed by atoms with Gasteiger partial charge in [-0.3, -0.25) is 4.57 Å². The lowest BCUT2D eigenvalue weighted by Crippen LogP contribution is -2.09. The van der Waals surface area contributed by atoms with Crippen molar-refractivity contribution in [2.24, 2.45) is 0 Å². The van der Waals surface area contributed by atoms with Crippen LogP contribution in [0.15, 0.2) is 24.3 Å². The molecule has 5 nitrogen and oxygen atoms in total. The minimum absolute atomic E-state index is 0.145. The van der Waals surface area contributed by atoms with E-state index in [1.54, 1.807) is 6.92 Å². The molecule has 0 saturated carbocycles. The second-order valence-corrected chi connectivity index (χ2v) is 4.79. The number of hydrogen-bond acceptors (Lipinski definition) is 4. The number of methoxy groups -OCH3 is 1. The van der Waals surface area contributed by atoms with Crippen molar-refractivity contribution in [1.82, 2.24) is 0 Å². The Bertz CT molecular complexity index is 412. The smallest absolute Gasteiger partial charge is 0.358 e. The minimum Gasteiger partial charge on any atom is -0.465 e. The highest BCUT2D eigenvalue weighted by Crippen LogP contribution is 2.40. The molecule has 88 valence electrons. The summed E-state index contributed by atoms with van der Waals surface area (Å²) >= 11 is 0. The summed E-state index contributed by atoms with van der Waals surface area (Å²) in [6.45, 7) is 1.78. The zero-order valence-corrected chi connectivity index (χ0v) is 9.94. The Balaban J connectivity index is 2.95. The van der Waals surface area contributed by atoms with Crippen LogP contribution in [0.5, 0.6) is 0 Å². The standard InChI is InChI=1S/C10H13O5P/c1-3-15-16(12,13)9-6-4-8(5-7-9)10(11)14-2/h4-7H,3H2,1-2H3,(H,12,13). The highest BCUT2D eigenvalue weighted by molar-refractivity contribution is 7.61. The van der Waals surface area contributed by atoms with Gasteiger partial charge in [0.15, 0.2) is 0 Å². The first-order valence-electron chi connectivity index (χ1n) is 4.67. The summed E-state index contributed by atoms with van der Waals surface area (Å²) < 4.78 is 20.8. The molecule has 1 atom stereocenters. The molecular formula is C10H13O5P. The summed E-state index contributed by atoms with van der Waals surface area (Å²) in [5.41, 5.74) is 0.322. The van der Waals surface area contributed by atoms with Crippen molar-refractivity contribution in [2.75, 3.05) is 13.7 Å². The first-order valence-corrected chi connectivity index (χ1v) is 6.25. The maximum Gasteiger partial charge on any atom is 0.358 e. The van der Waals surface area contributed by atoms with Gasteiger partial charge in [0.25, 0.3) is 0 Å². The van der Waals surface area contributed by atoms with Crippen LogP contribution >= 0.6 is 7.60 Å². The van der Waals surface area contributed by atoms with Crippen molar-refractivity contribution in [2.45, 2.75) is 6.92 Å². The molecule has 1 aromatic rings. The number of esters is 1. The predicted molar refractivity (Wildman–Crippen MR) is 58.9 cm³/mol. The second kappa shape index (κ2) is 5.25.